The van der Waals surface area contributed by atoms with Gasteiger partial charge in [-0.25, -0.2) is 24.0 Å². The van der Waals surface area contributed by atoms with Gasteiger partial charge in [0.2, 0.25) is 6.79 Å². The van der Waals surface area contributed by atoms with Crippen LogP contribution in [0.25, 0.3) is 0 Å². The molecule has 4 atom stereocenters. The number of carbonyl (C=O) groups excluding carboxylic acids is 5. The first-order chi connectivity index (χ1) is 30.2. The molecule has 2 saturated heterocycles. The van der Waals surface area contributed by atoms with E-state index in [0.717, 1.165) is 6.26 Å². The molecule has 3 aromatic rings. The van der Waals surface area contributed by atoms with Crippen molar-refractivity contribution in [3.63, 3.8) is 0 Å². The van der Waals surface area contributed by atoms with Crippen molar-refractivity contribution >= 4 is 30.0 Å². The molecule has 20 nitrogen and oxygen atoms in total. The zero-order valence-corrected chi connectivity index (χ0v) is 33.2. The molecule has 2 aliphatic heterocycles. The van der Waals surface area contributed by atoms with Gasteiger partial charge in [-0.3, -0.25) is 4.89 Å². The van der Waals surface area contributed by atoms with Crippen LogP contribution in [-0.4, -0.2) is 94.3 Å². The van der Waals surface area contributed by atoms with E-state index in [1.165, 1.54) is 79.1 Å². The van der Waals surface area contributed by atoms with Crippen LogP contribution in [0.1, 0.15) is 57.3 Å². The molecule has 62 heavy (non-hydrogen) atoms. The molecule has 2 fully saturated rings. The number of benzene rings is 3. The van der Waals surface area contributed by atoms with Crippen molar-refractivity contribution < 1.29 is 96.2 Å². The van der Waals surface area contributed by atoms with Crippen molar-refractivity contribution in [2.75, 3.05) is 39.8 Å². The Labute approximate surface area is 353 Å². The Balaban J connectivity index is 0.969. The maximum absolute atomic E-state index is 13.0. The molecule has 0 aromatic heterocycles. The van der Waals surface area contributed by atoms with Gasteiger partial charge in [0.1, 0.15) is 30.0 Å². The SMILES string of the molecule is C=C=COOCCCC(=O)OOCOOc1ccc(C(=O)O[C@@H]2CO[C@H]3[C@@H]2OC[C@@H]3OC(=O)c2ccc(OC(=O)c3ccc(OC(=O)OCCCOO/C=C\C)cc3)cc2)cc1. The fourth-order valence-corrected chi connectivity index (χ4v) is 5.35. The Kier molecular flexibility index (Phi) is 18.7. The van der Waals surface area contributed by atoms with Crippen LogP contribution < -0.4 is 14.4 Å². The van der Waals surface area contributed by atoms with E-state index in [1.807, 2.05) is 0 Å². The third-order valence-corrected chi connectivity index (χ3v) is 8.22. The van der Waals surface area contributed by atoms with Crippen molar-refractivity contribution in [1.82, 2.24) is 0 Å². The molecule has 2 aliphatic rings. The van der Waals surface area contributed by atoms with Crippen LogP contribution in [-0.2, 0) is 62.7 Å². The van der Waals surface area contributed by atoms with Crippen molar-refractivity contribution in [1.29, 1.82) is 0 Å². The Bertz CT molecular complexity index is 1990. The van der Waals surface area contributed by atoms with Crippen LogP contribution >= 0.6 is 0 Å². The van der Waals surface area contributed by atoms with Crippen LogP contribution in [0.15, 0.2) is 104 Å². The summed E-state index contributed by atoms with van der Waals surface area (Å²) in [6.07, 6.45) is 1.00. The number of fused-ring (bicyclic) bond motifs is 1. The van der Waals surface area contributed by atoms with E-state index in [1.54, 1.807) is 13.0 Å². The highest BCUT2D eigenvalue weighted by Gasteiger charge is 2.51. The highest BCUT2D eigenvalue weighted by atomic mass is 17.3. The molecule has 20 heteroatoms. The second-order valence-electron chi connectivity index (χ2n) is 12.6. The molecule has 0 aliphatic carbocycles. The summed E-state index contributed by atoms with van der Waals surface area (Å²) in [7, 11) is 0. The highest BCUT2D eigenvalue weighted by Crippen LogP contribution is 2.32. The first-order valence-corrected chi connectivity index (χ1v) is 18.9. The fourth-order valence-electron chi connectivity index (χ4n) is 5.35. The topological polar surface area (TPSA) is 224 Å². The van der Waals surface area contributed by atoms with E-state index >= 15 is 0 Å². The highest BCUT2D eigenvalue weighted by molar-refractivity contribution is 5.92. The predicted octanol–water partition coefficient (Wildman–Crippen LogP) is 5.61. The molecule has 3 aromatic carbocycles. The van der Waals surface area contributed by atoms with Gasteiger partial charge in [0.05, 0.1) is 56.1 Å². The van der Waals surface area contributed by atoms with E-state index in [0.29, 0.717) is 12.8 Å². The molecule has 0 bridgehead atoms. The van der Waals surface area contributed by atoms with Gasteiger partial charge < -0.3 is 47.8 Å². The van der Waals surface area contributed by atoms with E-state index < -0.39 is 61.2 Å². The molecule has 2 heterocycles. The molecule has 0 radical (unpaired) electrons. The summed E-state index contributed by atoms with van der Waals surface area (Å²) in [5.74, 6) is -2.16. The molecular formula is C42H42O20. The van der Waals surface area contributed by atoms with E-state index in [4.69, 9.17) is 57.6 Å². The standard InChI is InChI=1S/C42H42O20/c1-3-20-51-53-23-5-7-36(43)62-56-27-55-61-33-18-12-30(13-19-33)41(46)60-35-26-50-37-34(25-49-38(35)37)59-40(45)29-8-14-31(15-9-29)57-39(44)28-10-16-32(17-11-28)58-42(47)48-22-6-24-54-52-21-4-2/h4,8-21,34-35,37-38H,1,5-7,22-27H2,2H3/b21-4-/t34-,35+,37+,38+/m0/s1. The Morgan fingerprint density at radius 2 is 1.21 bits per heavy atom. The van der Waals surface area contributed by atoms with Gasteiger partial charge in [-0.05, 0) is 92.2 Å². The smallest absolute Gasteiger partial charge is 0.453 e. The van der Waals surface area contributed by atoms with Crippen molar-refractivity contribution in [2.24, 2.45) is 0 Å². The quantitative estimate of drug-likeness (QED) is 0.0102. The monoisotopic (exact) mass is 866 g/mol. The normalized spacial score (nSPS) is 17.5. The van der Waals surface area contributed by atoms with Gasteiger partial charge in [-0.1, -0.05) is 12.3 Å². The fraction of sp³-hybridized carbons (Fsp3) is 0.333. The predicted molar refractivity (Wildman–Crippen MR) is 204 cm³/mol. The lowest BCUT2D eigenvalue weighted by atomic mass is 10.1. The third-order valence-electron chi connectivity index (χ3n) is 8.22. The van der Waals surface area contributed by atoms with Gasteiger partial charge in [-0.15, -0.1) is 0 Å². The molecule has 0 unspecified atom stereocenters. The molecule has 0 saturated carbocycles. The molecule has 0 N–H and O–H groups in total. The van der Waals surface area contributed by atoms with Crippen LogP contribution in [0.2, 0.25) is 0 Å². The Hall–Kier alpha value is -6.77. The lowest BCUT2D eigenvalue weighted by molar-refractivity contribution is -0.369. The number of rotatable bonds is 24. The molecule has 0 spiro atoms. The van der Waals surface area contributed by atoms with Gasteiger partial charge >= 0.3 is 30.0 Å². The minimum Gasteiger partial charge on any atom is -0.453 e. The molecule has 330 valence electrons. The van der Waals surface area contributed by atoms with E-state index in [-0.39, 0.29) is 73.4 Å². The number of hydrogen-bond acceptors (Lipinski definition) is 20. The summed E-state index contributed by atoms with van der Waals surface area (Å²) in [5.41, 5.74) is 2.90. The summed E-state index contributed by atoms with van der Waals surface area (Å²) >= 11 is 0. The summed E-state index contributed by atoms with van der Waals surface area (Å²) in [6.45, 7) is 4.94. The van der Waals surface area contributed by atoms with Crippen LogP contribution in [0.3, 0.4) is 0 Å². The minimum atomic E-state index is -0.924. The number of ether oxygens (including phenoxy) is 7. The second-order valence-corrected chi connectivity index (χ2v) is 12.6. The number of carbonyl (C=O) groups is 5. The zero-order chi connectivity index (χ0) is 43.9. The summed E-state index contributed by atoms with van der Waals surface area (Å²) in [5, 5.41) is 0. The van der Waals surface area contributed by atoms with Crippen LogP contribution in [0.4, 0.5) is 4.79 Å². The lowest BCUT2D eigenvalue weighted by Crippen LogP contribution is -2.36. The van der Waals surface area contributed by atoms with Crippen molar-refractivity contribution in [3.8, 4) is 17.2 Å². The number of allylic oxidation sites excluding steroid dienone is 1. The third kappa shape index (κ3) is 15.0. The van der Waals surface area contributed by atoms with Crippen LogP contribution in [0, 0.1) is 0 Å². The average molecular weight is 867 g/mol. The summed E-state index contributed by atoms with van der Waals surface area (Å²) in [6, 6.07) is 17.1. The maximum atomic E-state index is 13.0. The second kappa shape index (κ2) is 25.1. The Morgan fingerprint density at radius 1 is 0.661 bits per heavy atom. The Morgan fingerprint density at radius 3 is 1.81 bits per heavy atom. The first kappa shape index (κ1) is 46.3. The van der Waals surface area contributed by atoms with E-state index in [9.17, 15) is 24.0 Å². The molecular weight excluding hydrogens is 824 g/mol. The van der Waals surface area contributed by atoms with Crippen molar-refractivity contribution in [2.45, 2.75) is 50.6 Å². The van der Waals surface area contributed by atoms with E-state index in [2.05, 4.69) is 27.0 Å². The number of hydrogen-bond donors (Lipinski definition) is 0. The average Bonchev–Trinajstić information content (AvgIpc) is 3.87. The summed E-state index contributed by atoms with van der Waals surface area (Å²) in [4.78, 5) is 100. The zero-order valence-electron chi connectivity index (χ0n) is 33.2. The van der Waals surface area contributed by atoms with Gasteiger partial charge in [0.25, 0.3) is 0 Å². The van der Waals surface area contributed by atoms with Crippen LogP contribution in [0.5, 0.6) is 17.2 Å². The maximum Gasteiger partial charge on any atom is 0.513 e. The minimum absolute atomic E-state index is 0.00210. The van der Waals surface area contributed by atoms with Gasteiger partial charge in [0, 0.05) is 6.42 Å². The number of esters is 3. The lowest BCUT2D eigenvalue weighted by Gasteiger charge is -2.17. The van der Waals surface area contributed by atoms with Gasteiger partial charge in [0.15, 0.2) is 24.2 Å². The first-order valence-electron chi connectivity index (χ1n) is 18.9. The summed E-state index contributed by atoms with van der Waals surface area (Å²) < 4.78 is 38.4. The molecule has 0 amide bonds. The van der Waals surface area contributed by atoms with Gasteiger partial charge in [-0.2, -0.15) is 19.6 Å². The van der Waals surface area contributed by atoms with Crippen molar-refractivity contribution in [3.05, 3.63) is 120 Å². The largest absolute Gasteiger partial charge is 0.513 e. The molecule has 5 rings (SSSR count).